The summed E-state index contributed by atoms with van der Waals surface area (Å²) in [7, 11) is 5.54. The topological polar surface area (TPSA) is 99.1 Å². The molecular formula is C54H98NO7+. The lowest BCUT2D eigenvalue weighted by Crippen LogP contribution is -2.50. The van der Waals surface area contributed by atoms with E-state index in [1.807, 2.05) is 21.1 Å². The maximum absolute atomic E-state index is 12.8. The second-order valence-electron chi connectivity index (χ2n) is 18.5. The molecule has 1 N–H and O–H groups in total. The SMILES string of the molecule is CCCCC/C=C/C=C/CCCCCCCCCCCCC(=O)OCC(COCCC(C(=O)O)[N+](C)(C)C)OC(=O)CCCCCCCCCCCC/C=C/C=C/CCCCC. The lowest BCUT2D eigenvalue weighted by molar-refractivity contribution is -0.887. The molecule has 0 saturated heterocycles. The molecule has 62 heavy (non-hydrogen) atoms. The normalized spacial score (nSPS) is 13.2. The number of ether oxygens (including phenoxy) is 3. The van der Waals surface area contributed by atoms with Gasteiger partial charge < -0.3 is 23.8 Å². The monoisotopic (exact) mass is 873 g/mol. The van der Waals surface area contributed by atoms with Gasteiger partial charge in [-0.15, -0.1) is 0 Å². The molecule has 0 aromatic rings. The zero-order valence-corrected chi connectivity index (χ0v) is 41.1. The molecule has 8 heteroatoms. The largest absolute Gasteiger partial charge is 0.477 e. The summed E-state index contributed by atoms with van der Waals surface area (Å²) in [6.07, 6.45) is 54.3. The Morgan fingerprint density at radius 3 is 1.21 bits per heavy atom. The van der Waals surface area contributed by atoms with Crippen molar-refractivity contribution in [2.24, 2.45) is 0 Å². The van der Waals surface area contributed by atoms with Crippen LogP contribution in [0.5, 0.6) is 0 Å². The highest BCUT2D eigenvalue weighted by molar-refractivity contribution is 5.72. The van der Waals surface area contributed by atoms with Gasteiger partial charge in [0.15, 0.2) is 12.1 Å². The fraction of sp³-hybridized carbons (Fsp3) is 0.796. The predicted molar refractivity (Wildman–Crippen MR) is 261 cm³/mol. The lowest BCUT2D eigenvalue weighted by Gasteiger charge is -2.31. The molecule has 0 aliphatic carbocycles. The number of carbonyl (C=O) groups excluding carboxylic acids is 2. The number of hydrogen-bond donors (Lipinski definition) is 1. The molecule has 0 bridgehead atoms. The summed E-state index contributed by atoms with van der Waals surface area (Å²) < 4.78 is 17.4. The number of aliphatic carboxylic acids is 1. The highest BCUT2D eigenvalue weighted by Gasteiger charge is 2.31. The number of hydrogen-bond acceptors (Lipinski definition) is 6. The molecule has 0 fully saturated rings. The van der Waals surface area contributed by atoms with Gasteiger partial charge in [0.2, 0.25) is 0 Å². The summed E-state index contributed by atoms with van der Waals surface area (Å²) in [5.74, 6) is -1.47. The van der Waals surface area contributed by atoms with E-state index in [0.29, 0.717) is 19.3 Å². The molecule has 0 aromatic heterocycles. The second-order valence-corrected chi connectivity index (χ2v) is 18.5. The van der Waals surface area contributed by atoms with Crippen molar-refractivity contribution in [2.75, 3.05) is 41.0 Å². The van der Waals surface area contributed by atoms with Crippen LogP contribution in [0.25, 0.3) is 0 Å². The highest BCUT2D eigenvalue weighted by Crippen LogP contribution is 2.15. The van der Waals surface area contributed by atoms with Gasteiger partial charge in [0, 0.05) is 19.3 Å². The van der Waals surface area contributed by atoms with Crippen molar-refractivity contribution in [1.82, 2.24) is 0 Å². The van der Waals surface area contributed by atoms with Crippen molar-refractivity contribution in [1.29, 1.82) is 0 Å². The van der Waals surface area contributed by atoms with E-state index in [2.05, 4.69) is 62.5 Å². The number of nitrogens with zero attached hydrogens (tertiary/aromatic N) is 1. The number of rotatable bonds is 46. The van der Waals surface area contributed by atoms with E-state index in [9.17, 15) is 19.5 Å². The van der Waals surface area contributed by atoms with E-state index in [0.717, 1.165) is 38.5 Å². The van der Waals surface area contributed by atoms with Crippen LogP contribution in [0.15, 0.2) is 48.6 Å². The molecule has 0 aliphatic heterocycles. The minimum absolute atomic E-state index is 0.0536. The number of carbonyl (C=O) groups is 3. The van der Waals surface area contributed by atoms with Crippen molar-refractivity contribution in [3.05, 3.63) is 48.6 Å². The van der Waals surface area contributed by atoms with E-state index in [1.54, 1.807) is 0 Å². The molecule has 0 aromatic carbocycles. The van der Waals surface area contributed by atoms with Crippen LogP contribution in [0.3, 0.4) is 0 Å². The molecule has 360 valence electrons. The number of carboxylic acids is 1. The fourth-order valence-corrected chi connectivity index (χ4v) is 7.49. The minimum atomic E-state index is -0.875. The van der Waals surface area contributed by atoms with Crippen molar-refractivity contribution in [3.63, 3.8) is 0 Å². The van der Waals surface area contributed by atoms with Crippen LogP contribution in [0.1, 0.15) is 226 Å². The Morgan fingerprint density at radius 2 is 0.839 bits per heavy atom. The van der Waals surface area contributed by atoms with E-state index >= 15 is 0 Å². The molecule has 0 rings (SSSR count). The van der Waals surface area contributed by atoms with Crippen LogP contribution in [-0.2, 0) is 28.6 Å². The predicted octanol–water partition coefficient (Wildman–Crippen LogP) is 14.8. The van der Waals surface area contributed by atoms with Gasteiger partial charge in [0.1, 0.15) is 6.61 Å². The number of allylic oxidation sites excluding steroid dienone is 8. The third-order valence-electron chi connectivity index (χ3n) is 11.5. The Balaban J connectivity index is 4.25. The first-order valence-electron chi connectivity index (χ1n) is 25.7. The zero-order chi connectivity index (χ0) is 45.6. The number of likely N-dealkylation sites (N-methyl/N-ethyl adjacent to an activating group) is 1. The van der Waals surface area contributed by atoms with Crippen LogP contribution in [-0.4, -0.2) is 80.6 Å². The van der Waals surface area contributed by atoms with Crippen LogP contribution in [0.4, 0.5) is 0 Å². The maximum Gasteiger partial charge on any atom is 0.362 e. The van der Waals surface area contributed by atoms with E-state index in [-0.39, 0.29) is 36.2 Å². The zero-order valence-electron chi connectivity index (χ0n) is 41.1. The maximum atomic E-state index is 12.8. The minimum Gasteiger partial charge on any atom is -0.477 e. The average molecular weight is 873 g/mol. The Hall–Kier alpha value is -2.71. The van der Waals surface area contributed by atoms with Crippen molar-refractivity contribution in [2.45, 2.75) is 238 Å². The Morgan fingerprint density at radius 1 is 0.484 bits per heavy atom. The molecule has 0 amide bonds. The van der Waals surface area contributed by atoms with Crippen molar-refractivity contribution in [3.8, 4) is 0 Å². The second kappa shape index (κ2) is 44.9. The Kier molecular flexibility index (Phi) is 42.9. The molecule has 0 aliphatic rings. The van der Waals surface area contributed by atoms with Crippen LogP contribution < -0.4 is 0 Å². The summed E-state index contributed by atoms with van der Waals surface area (Å²) in [6, 6.07) is -0.617. The van der Waals surface area contributed by atoms with Gasteiger partial charge in [-0.3, -0.25) is 9.59 Å². The smallest absolute Gasteiger partial charge is 0.362 e. The van der Waals surface area contributed by atoms with Crippen LogP contribution in [0, 0.1) is 0 Å². The number of unbranched alkanes of at least 4 members (excludes halogenated alkanes) is 26. The molecule has 8 nitrogen and oxygen atoms in total. The Bertz CT molecular complexity index is 1150. The number of esters is 2. The molecule has 2 unspecified atom stereocenters. The summed E-state index contributed by atoms with van der Waals surface area (Å²) in [5.41, 5.74) is 0. The highest BCUT2D eigenvalue weighted by atomic mass is 16.6. The quantitative estimate of drug-likeness (QED) is 0.0281. The van der Waals surface area contributed by atoms with E-state index in [1.165, 1.54) is 154 Å². The first-order chi connectivity index (χ1) is 30.1. The molecule has 0 radical (unpaired) electrons. The van der Waals surface area contributed by atoms with E-state index in [4.69, 9.17) is 14.2 Å². The molecule has 0 heterocycles. The van der Waals surface area contributed by atoms with Crippen molar-refractivity contribution < 1.29 is 38.2 Å². The molecule has 2 atom stereocenters. The van der Waals surface area contributed by atoms with Crippen LogP contribution in [0.2, 0.25) is 0 Å². The van der Waals surface area contributed by atoms with Gasteiger partial charge in [-0.05, 0) is 64.2 Å². The fourth-order valence-electron chi connectivity index (χ4n) is 7.49. The van der Waals surface area contributed by atoms with Crippen molar-refractivity contribution >= 4 is 17.9 Å². The summed E-state index contributed by atoms with van der Waals surface area (Å²) in [5, 5.41) is 9.65. The summed E-state index contributed by atoms with van der Waals surface area (Å²) in [4.78, 5) is 37.2. The summed E-state index contributed by atoms with van der Waals surface area (Å²) in [6.45, 7) is 4.70. The third kappa shape index (κ3) is 42.6. The van der Waals surface area contributed by atoms with Crippen LogP contribution >= 0.6 is 0 Å². The number of carboxylic acid groups (broad SMARTS) is 1. The first-order valence-corrected chi connectivity index (χ1v) is 25.7. The third-order valence-corrected chi connectivity index (χ3v) is 11.5. The van der Waals surface area contributed by atoms with Gasteiger partial charge in [-0.2, -0.15) is 0 Å². The van der Waals surface area contributed by atoms with Gasteiger partial charge in [-0.25, -0.2) is 4.79 Å². The molecule has 0 spiro atoms. The van der Waals surface area contributed by atoms with Gasteiger partial charge in [0.05, 0.1) is 34.4 Å². The standard InChI is InChI=1S/C54H97NO7/c1-6-8-10-12-14-16-18-20-22-24-26-28-30-32-34-36-38-40-42-44-52(56)61-49-50(48-60-47-46-51(54(58)59)55(3,4)5)62-53(57)45-43-41-39-37-35-33-31-29-27-25-23-21-19-17-15-13-11-9-7-2/h14-21,50-51H,6-13,22-49H2,1-5H3/p+1/b16-14+,17-15+,20-18+,21-19+. The van der Waals surface area contributed by atoms with Gasteiger partial charge in [0.25, 0.3) is 0 Å². The Labute approximate surface area is 382 Å². The lowest BCUT2D eigenvalue weighted by atomic mass is 10.1. The number of quaternary nitrogens is 1. The average Bonchev–Trinajstić information content (AvgIpc) is 3.23. The first kappa shape index (κ1) is 59.3. The molecular weight excluding hydrogens is 775 g/mol. The summed E-state index contributed by atoms with van der Waals surface area (Å²) >= 11 is 0. The van der Waals surface area contributed by atoms with E-state index < -0.39 is 18.1 Å². The van der Waals surface area contributed by atoms with Gasteiger partial charge in [-0.1, -0.05) is 191 Å². The van der Waals surface area contributed by atoms with Gasteiger partial charge >= 0.3 is 17.9 Å². The molecule has 0 saturated carbocycles.